The van der Waals surface area contributed by atoms with E-state index in [9.17, 15) is 4.79 Å². The van der Waals surface area contributed by atoms with Gasteiger partial charge in [-0.2, -0.15) is 0 Å². The van der Waals surface area contributed by atoms with Crippen molar-refractivity contribution in [2.75, 3.05) is 26.2 Å². The molecule has 0 aromatic carbocycles. The number of carbonyl (C=O) groups excluding carboxylic acids is 1. The highest BCUT2D eigenvalue weighted by Crippen LogP contribution is 2.14. The van der Waals surface area contributed by atoms with Gasteiger partial charge in [0.2, 0.25) is 0 Å². The number of Topliss-reactive ketones (excluding diaryl/α,β-unsaturated/α-hetero) is 1. The number of carbonyl (C=O) groups is 1. The predicted octanol–water partition coefficient (Wildman–Crippen LogP) is 2.07. The Hall–Kier alpha value is -0.410. The minimum atomic E-state index is 0.219. The second kappa shape index (κ2) is 7.83. The van der Waals surface area contributed by atoms with Crippen molar-refractivity contribution < 1.29 is 4.79 Å². The molecule has 1 fully saturated rings. The standard InChI is InChI=1S/C14H28N2O/c1-4-10-16(11-14(17)12(3)5-2)13-6-8-15-9-7-13/h12-13,15H,4-11H2,1-3H3. The lowest BCUT2D eigenvalue weighted by molar-refractivity contribution is -0.124. The number of rotatable bonds is 7. The van der Waals surface area contributed by atoms with Gasteiger partial charge in [-0.15, -0.1) is 0 Å². The first kappa shape index (κ1) is 14.7. The topological polar surface area (TPSA) is 32.3 Å². The van der Waals surface area contributed by atoms with Gasteiger partial charge in [0.1, 0.15) is 5.78 Å². The van der Waals surface area contributed by atoms with E-state index >= 15 is 0 Å². The summed E-state index contributed by atoms with van der Waals surface area (Å²) in [5, 5.41) is 3.39. The second-order valence-electron chi connectivity index (χ2n) is 5.23. The monoisotopic (exact) mass is 240 g/mol. The van der Waals surface area contributed by atoms with Crippen LogP contribution in [-0.2, 0) is 4.79 Å². The lowest BCUT2D eigenvalue weighted by atomic mass is 10.00. The molecule has 1 rings (SSSR count). The summed E-state index contributed by atoms with van der Waals surface area (Å²) < 4.78 is 0. The Morgan fingerprint density at radius 3 is 2.53 bits per heavy atom. The molecular weight excluding hydrogens is 212 g/mol. The Morgan fingerprint density at radius 2 is 2.00 bits per heavy atom. The molecule has 0 aromatic rings. The maximum atomic E-state index is 12.0. The van der Waals surface area contributed by atoms with Crippen LogP contribution in [-0.4, -0.2) is 42.9 Å². The van der Waals surface area contributed by atoms with Crippen LogP contribution in [0.4, 0.5) is 0 Å². The average molecular weight is 240 g/mol. The van der Waals surface area contributed by atoms with Crippen molar-refractivity contribution in [2.24, 2.45) is 5.92 Å². The highest BCUT2D eigenvalue weighted by atomic mass is 16.1. The quantitative estimate of drug-likeness (QED) is 0.739. The van der Waals surface area contributed by atoms with Crippen LogP contribution in [0, 0.1) is 5.92 Å². The van der Waals surface area contributed by atoms with Gasteiger partial charge in [-0.05, 0) is 45.3 Å². The number of ketones is 1. The smallest absolute Gasteiger partial charge is 0.149 e. The van der Waals surface area contributed by atoms with Crippen molar-refractivity contribution in [3.63, 3.8) is 0 Å². The molecule has 3 nitrogen and oxygen atoms in total. The Labute approximate surface area is 106 Å². The number of hydrogen-bond donors (Lipinski definition) is 1. The summed E-state index contributed by atoms with van der Waals surface area (Å²) in [7, 11) is 0. The Balaban J connectivity index is 2.49. The lowest BCUT2D eigenvalue weighted by Gasteiger charge is -2.34. The van der Waals surface area contributed by atoms with E-state index in [1.165, 1.54) is 12.8 Å². The lowest BCUT2D eigenvalue weighted by Crippen LogP contribution is -2.46. The van der Waals surface area contributed by atoms with Crippen molar-refractivity contribution in [1.82, 2.24) is 10.2 Å². The van der Waals surface area contributed by atoms with Gasteiger partial charge in [-0.1, -0.05) is 20.8 Å². The van der Waals surface area contributed by atoms with Gasteiger partial charge in [0.15, 0.2) is 0 Å². The molecule has 0 aromatic heterocycles. The minimum Gasteiger partial charge on any atom is -0.317 e. The normalized spacial score (nSPS) is 19.5. The summed E-state index contributed by atoms with van der Waals surface area (Å²) in [6.45, 7) is 10.3. The van der Waals surface area contributed by atoms with Crippen LogP contribution in [0.15, 0.2) is 0 Å². The number of nitrogens with zero attached hydrogens (tertiary/aromatic N) is 1. The highest BCUT2D eigenvalue weighted by molar-refractivity contribution is 5.82. The summed E-state index contributed by atoms with van der Waals surface area (Å²) in [5.41, 5.74) is 0. The van der Waals surface area contributed by atoms with Gasteiger partial charge in [0, 0.05) is 12.0 Å². The molecule has 0 bridgehead atoms. The molecule has 1 heterocycles. The number of piperidine rings is 1. The van der Waals surface area contributed by atoms with Crippen LogP contribution in [0.2, 0.25) is 0 Å². The van der Waals surface area contributed by atoms with Crippen LogP contribution in [0.5, 0.6) is 0 Å². The molecule has 0 radical (unpaired) electrons. The van der Waals surface area contributed by atoms with E-state index in [4.69, 9.17) is 0 Å². The van der Waals surface area contributed by atoms with Gasteiger partial charge in [-0.25, -0.2) is 0 Å². The third-order valence-electron chi connectivity index (χ3n) is 3.86. The summed E-state index contributed by atoms with van der Waals surface area (Å²) >= 11 is 0. The minimum absolute atomic E-state index is 0.219. The molecule has 17 heavy (non-hydrogen) atoms. The first-order valence-corrected chi connectivity index (χ1v) is 7.16. The van der Waals surface area contributed by atoms with Crippen molar-refractivity contribution in [2.45, 2.75) is 52.5 Å². The van der Waals surface area contributed by atoms with Gasteiger partial charge in [-0.3, -0.25) is 9.69 Å². The first-order chi connectivity index (χ1) is 8.19. The first-order valence-electron chi connectivity index (χ1n) is 7.16. The molecular formula is C14H28N2O. The molecule has 0 saturated carbocycles. The van der Waals surface area contributed by atoms with Crippen molar-refractivity contribution in [3.8, 4) is 0 Å². The molecule has 100 valence electrons. The van der Waals surface area contributed by atoms with Crippen LogP contribution in [0.25, 0.3) is 0 Å². The van der Waals surface area contributed by atoms with E-state index in [1.54, 1.807) is 0 Å². The molecule has 0 aliphatic carbocycles. The zero-order valence-electron chi connectivity index (χ0n) is 11.7. The summed E-state index contributed by atoms with van der Waals surface area (Å²) in [5.74, 6) is 0.635. The second-order valence-corrected chi connectivity index (χ2v) is 5.23. The Bertz CT molecular complexity index is 224. The number of hydrogen-bond acceptors (Lipinski definition) is 3. The van der Waals surface area contributed by atoms with Crippen LogP contribution in [0.3, 0.4) is 0 Å². The molecule has 1 atom stereocenters. The summed E-state index contributed by atoms with van der Waals surface area (Å²) in [6, 6.07) is 0.615. The SMILES string of the molecule is CCCN(CC(=O)C(C)CC)C1CCNCC1. The molecule has 1 aliphatic heterocycles. The van der Waals surface area contributed by atoms with Gasteiger partial charge in [0.25, 0.3) is 0 Å². The molecule has 1 aliphatic rings. The van der Waals surface area contributed by atoms with Crippen LogP contribution < -0.4 is 5.32 Å². The van der Waals surface area contributed by atoms with Crippen LogP contribution >= 0.6 is 0 Å². The molecule has 1 saturated heterocycles. The maximum Gasteiger partial charge on any atom is 0.149 e. The molecule has 0 amide bonds. The van der Waals surface area contributed by atoms with E-state index < -0.39 is 0 Å². The molecule has 3 heteroatoms. The van der Waals surface area contributed by atoms with Crippen molar-refractivity contribution in [3.05, 3.63) is 0 Å². The van der Waals surface area contributed by atoms with E-state index in [1.807, 2.05) is 0 Å². The van der Waals surface area contributed by atoms with E-state index in [0.29, 0.717) is 18.4 Å². The van der Waals surface area contributed by atoms with E-state index in [2.05, 4.69) is 31.0 Å². The summed E-state index contributed by atoms with van der Waals surface area (Å²) in [6.07, 6.45) is 4.48. The Morgan fingerprint density at radius 1 is 1.35 bits per heavy atom. The fraction of sp³-hybridized carbons (Fsp3) is 0.929. The molecule has 1 unspecified atom stereocenters. The van der Waals surface area contributed by atoms with Gasteiger partial charge < -0.3 is 5.32 Å². The fourth-order valence-electron chi connectivity index (χ4n) is 2.43. The van der Waals surface area contributed by atoms with Crippen molar-refractivity contribution >= 4 is 5.78 Å². The summed E-state index contributed by atoms with van der Waals surface area (Å²) in [4.78, 5) is 14.5. The zero-order chi connectivity index (χ0) is 12.7. The number of nitrogens with one attached hydrogen (secondary N) is 1. The fourth-order valence-corrected chi connectivity index (χ4v) is 2.43. The van der Waals surface area contributed by atoms with Crippen LogP contribution in [0.1, 0.15) is 46.5 Å². The predicted molar refractivity (Wildman–Crippen MR) is 72.2 cm³/mol. The third kappa shape index (κ3) is 4.76. The largest absolute Gasteiger partial charge is 0.317 e. The van der Waals surface area contributed by atoms with E-state index in [-0.39, 0.29) is 5.92 Å². The molecule has 0 spiro atoms. The zero-order valence-corrected chi connectivity index (χ0v) is 11.7. The van der Waals surface area contributed by atoms with Gasteiger partial charge >= 0.3 is 0 Å². The third-order valence-corrected chi connectivity index (χ3v) is 3.86. The van der Waals surface area contributed by atoms with Crippen molar-refractivity contribution in [1.29, 1.82) is 0 Å². The highest BCUT2D eigenvalue weighted by Gasteiger charge is 2.23. The average Bonchev–Trinajstić information content (AvgIpc) is 2.38. The maximum absolute atomic E-state index is 12.0. The van der Waals surface area contributed by atoms with Gasteiger partial charge in [0.05, 0.1) is 6.54 Å². The van der Waals surface area contributed by atoms with E-state index in [0.717, 1.165) is 32.5 Å². The molecule has 1 N–H and O–H groups in total. The Kier molecular flexibility index (Phi) is 6.75.